The Balaban J connectivity index is 1.83. The summed E-state index contributed by atoms with van der Waals surface area (Å²) in [6.45, 7) is 9.82. The maximum absolute atomic E-state index is 14.6. The fraction of sp³-hybridized carbons (Fsp3) is 0.297. The zero-order valence-electron chi connectivity index (χ0n) is 26.7. The van der Waals surface area contributed by atoms with Crippen LogP contribution in [-0.4, -0.2) is 44.3 Å². The summed E-state index contributed by atoms with van der Waals surface area (Å²) < 4.78 is 29.6. The van der Waals surface area contributed by atoms with Crippen molar-refractivity contribution < 1.29 is 18.0 Å². The number of aryl methyl sites for hydroxylation is 3. The number of benzene rings is 4. The number of amides is 2. The quantitative estimate of drug-likeness (QED) is 0.191. The van der Waals surface area contributed by atoms with Gasteiger partial charge in [-0.05, 0) is 72.7 Å². The van der Waals surface area contributed by atoms with Crippen LogP contribution in [0.4, 0.5) is 5.69 Å². The Labute approximate surface area is 268 Å². The molecular formula is C37H43N3O4S. The molecule has 4 rings (SSSR count). The van der Waals surface area contributed by atoms with Crippen LogP contribution in [0, 0.1) is 26.7 Å². The molecule has 0 aromatic heterocycles. The topological polar surface area (TPSA) is 86.8 Å². The third-order valence-electron chi connectivity index (χ3n) is 7.80. The standard InChI is InChI=1S/C37H43N3O4S/c1-27(2)24-38-37(42)35(23-31-15-8-6-9-16-31)39(25-32-17-13-12-14-29(32)4)36(41)26-40(34-22-28(3)20-21-30(34)5)45(43,44)33-18-10-7-11-19-33/h6-22,27,35H,23-26H2,1-5H3,(H,38,42). The zero-order chi connectivity index (χ0) is 32.6. The fourth-order valence-corrected chi connectivity index (χ4v) is 6.66. The van der Waals surface area contributed by atoms with Crippen LogP contribution in [0.15, 0.2) is 108 Å². The van der Waals surface area contributed by atoms with Gasteiger partial charge in [0.1, 0.15) is 12.6 Å². The molecule has 45 heavy (non-hydrogen) atoms. The number of anilines is 1. The van der Waals surface area contributed by atoms with Gasteiger partial charge in [-0.2, -0.15) is 0 Å². The summed E-state index contributed by atoms with van der Waals surface area (Å²) in [6.07, 6.45) is 0.275. The van der Waals surface area contributed by atoms with E-state index in [2.05, 4.69) is 5.32 Å². The Bertz CT molecular complexity index is 1710. The van der Waals surface area contributed by atoms with Gasteiger partial charge in [-0.15, -0.1) is 0 Å². The highest BCUT2D eigenvalue weighted by atomic mass is 32.2. The summed E-state index contributed by atoms with van der Waals surface area (Å²) in [7, 11) is -4.14. The fourth-order valence-electron chi connectivity index (χ4n) is 5.17. The summed E-state index contributed by atoms with van der Waals surface area (Å²) in [5.41, 5.74) is 4.75. The summed E-state index contributed by atoms with van der Waals surface area (Å²) in [5, 5.41) is 3.03. The minimum atomic E-state index is -4.14. The number of nitrogens with zero attached hydrogens (tertiary/aromatic N) is 2. The molecule has 8 heteroatoms. The van der Waals surface area contributed by atoms with Crippen LogP contribution in [0.25, 0.3) is 0 Å². The van der Waals surface area contributed by atoms with Crippen molar-refractivity contribution in [3.8, 4) is 0 Å². The van der Waals surface area contributed by atoms with E-state index >= 15 is 0 Å². The van der Waals surface area contributed by atoms with E-state index < -0.39 is 28.5 Å². The number of sulfonamides is 1. The lowest BCUT2D eigenvalue weighted by molar-refractivity contribution is -0.140. The molecule has 1 N–H and O–H groups in total. The van der Waals surface area contributed by atoms with E-state index in [1.54, 1.807) is 29.2 Å². The molecule has 0 aliphatic carbocycles. The molecule has 0 radical (unpaired) electrons. The van der Waals surface area contributed by atoms with Crippen molar-refractivity contribution >= 4 is 27.5 Å². The van der Waals surface area contributed by atoms with Crippen molar-refractivity contribution in [3.63, 3.8) is 0 Å². The molecule has 4 aromatic carbocycles. The van der Waals surface area contributed by atoms with Gasteiger partial charge in [0.05, 0.1) is 10.6 Å². The van der Waals surface area contributed by atoms with E-state index in [1.165, 1.54) is 16.4 Å². The van der Waals surface area contributed by atoms with Gasteiger partial charge in [0.25, 0.3) is 10.0 Å². The first kappa shape index (κ1) is 33.5. The molecule has 4 aromatic rings. The van der Waals surface area contributed by atoms with Crippen LogP contribution in [0.3, 0.4) is 0 Å². The summed E-state index contributed by atoms with van der Waals surface area (Å²) in [6, 6.07) is 30.1. The SMILES string of the molecule is Cc1ccc(C)c(N(CC(=O)N(Cc2ccccc2C)C(Cc2ccccc2)C(=O)NCC(C)C)S(=O)(=O)c2ccccc2)c1. The molecule has 1 unspecified atom stereocenters. The number of nitrogens with one attached hydrogen (secondary N) is 1. The highest BCUT2D eigenvalue weighted by Crippen LogP contribution is 2.29. The number of carbonyl (C=O) groups excluding carboxylic acids is 2. The molecule has 0 saturated heterocycles. The normalized spacial score (nSPS) is 12.0. The highest BCUT2D eigenvalue weighted by molar-refractivity contribution is 7.92. The smallest absolute Gasteiger partial charge is 0.264 e. The average Bonchev–Trinajstić information content (AvgIpc) is 3.03. The molecule has 1 atom stereocenters. The van der Waals surface area contributed by atoms with Crippen molar-refractivity contribution in [2.24, 2.45) is 5.92 Å². The van der Waals surface area contributed by atoms with E-state index in [0.29, 0.717) is 17.8 Å². The first-order valence-corrected chi connectivity index (χ1v) is 16.7. The number of carbonyl (C=O) groups is 2. The predicted octanol–water partition coefficient (Wildman–Crippen LogP) is 6.22. The molecule has 236 valence electrons. The Morgan fingerprint density at radius 3 is 2.04 bits per heavy atom. The molecule has 0 heterocycles. The monoisotopic (exact) mass is 625 g/mol. The minimum absolute atomic E-state index is 0.0830. The molecule has 0 fully saturated rings. The van der Waals surface area contributed by atoms with E-state index in [0.717, 1.165) is 22.3 Å². The summed E-state index contributed by atoms with van der Waals surface area (Å²) >= 11 is 0. The maximum atomic E-state index is 14.6. The van der Waals surface area contributed by atoms with E-state index in [-0.39, 0.29) is 29.7 Å². The lowest BCUT2D eigenvalue weighted by atomic mass is 10.0. The molecule has 0 saturated carbocycles. The van der Waals surface area contributed by atoms with Gasteiger partial charge in [-0.25, -0.2) is 8.42 Å². The second kappa shape index (κ2) is 15.0. The highest BCUT2D eigenvalue weighted by Gasteiger charge is 2.35. The van der Waals surface area contributed by atoms with Crippen LogP contribution in [0.5, 0.6) is 0 Å². The van der Waals surface area contributed by atoms with E-state index in [9.17, 15) is 18.0 Å². The van der Waals surface area contributed by atoms with Crippen molar-refractivity contribution in [1.82, 2.24) is 10.2 Å². The average molecular weight is 626 g/mol. The van der Waals surface area contributed by atoms with Crippen molar-refractivity contribution in [3.05, 3.63) is 131 Å². The van der Waals surface area contributed by atoms with Crippen molar-refractivity contribution in [2.75, 3.05) is 17.4 Å². The Morgan fingerprint density at radius 1 is 0.778 bits per heavy atom. The largest absolute Gasteiger partial charge is 0.354 e. The third kappa shape index (κ3) is 8.60. The Morgan fingerprint density at radius 2 is 1.40 bits per heavy atom. The molecule has 2 amide bonds. The van der Waals surface area contributed by atoms with Crippen LogP contribution < -0.4 is 9.62 Å². The number of rotatable bonds is 13. The molecule has 0 spiro atoms. The maximum Gasteiger partial charge on any atom is 0.264 e. The van der Waals surface area contributed by atoms with Gasteiger partial charge in [0, 0.05) is 19.5 Å². The van der Waals surface area contributed by atoms with Crippen molar-refractivity contribution in [1.29, 1.82) is 0 Å². The third-order valence-corrected chi connectivity index (χ3v) is 9.57. The molecule has 7 nitrogen and oxygen atoms in total. The van der Waals surface area contributed by atoms with Gasteiger partial charge >= 0.3 is 0 Å². The molecule has 0 aliphatic heterocycles. The molecule has 0 aliphatic rings. The second-order valence-corrected chi connectivity index (χ2v) is 13.8. The van der Waals surface area contributed by atoms with Crippen LogP contribution >= 0.6 is 0 Å². The van der Waals surface area contributed by atoms with Crippen molar-refractivity contribution in [2.45, 2.75) is 58.5 Å². The molecular weight excluding hydrogens is 582 g/mol. The van der Waals surface area contributed by atoms with Crippen LogP contribution in [0.2, 0.25) is 0 Å². The predicted molar refractivity (Wildman–Crippen MR) is 180 cm³/mol. The number of hydrogen-bond acceptors (Lipinski definition) is 4. The summed E-state index contributed by atoms with van der Waals surface area (Å²) in [5.74, 6) is -0.541. The second-order valence-electron chi connectivity index (χ2n) is 11.9. The number of hydrogen-bond donors (Lipinski definition) is 1. The van der Waals surface area contributed by atoms with Crippen LogP contribution in [0.1, 0.15) is 41.7 Å². The van der Waals surface area contributed by atoms with E-state index in [1.807, 2.05) is 101 Å². The Kier molecular flexibility index (Phi) is 11.2. The molecule has 0 bridgehead atoms. The zero-order valence-corrected chi connectivity index (χ0v) is 27.6. The first-order valence-electron chi connectivity index (χ1n) is 15.3. The van der Waals surface area contributed by atoms with Gasteiger partial charge in [0.15, 0.2) is 0 Å². The first-order chi connectivity index (χ1) is 21.5. The van der Waals surface area contributed by atoms with Gasteiger partial charge in [-0.3, -0.25) is 13.9 Å². The van der Waals surface area contributed by atoms with Gasteiger partial charge < -0.3 is 10.2 Å². The van der Waals surface area contributed by atoms with E-state index in [4.69, 9.17) is 0 Å². The minimum Gasteiger partial charge on any atom is -0.354 e. The van der Waals surface area contributed by atoms with Crippen LogP contribution in [-0.2, 0) is 32.6 Å². The lowest BCUT2D eigenvalue weighted by Crippen LogP contribution is -2.54. The summed E-state index contributed by atoms with van der Waals surface area (Å²) in [4.78, 5) is 30.2. The lowest BCUT2D eigenvalue weighted by Gasteiger charge is -2.34. The Hall–Kier alpha value is -4.43. The van der Waals surface area contributed by atoms with Gasteiger partial charge in [0.2, 0.25) is 11.8 Å². The van der Waals surface area contributed by atoms with Gasteiger partial charge in [-0.1, -0.05) is 98.8 Å².